The second-order valence-electron chi connectivity index (χ2n) is 6.04. The largest absolute Gasteiger partial charge is 0.369 e. The van der Waals surface area contributed by atoms with Gasteiger partial charge >= 0.3 is 0 Å². The average molecular weight is 315 g/mol. The number of carbonyl (C=O) groups excluding carboxylic acids is 1. The fourth-order valence-corrected chi connectivity index (χ4v) is 3.56. The molecule has 0 saturated heterocycles. The van der Waals surface area contributed by atoms with E-state index >= 15 is 0 Å². The quantitative estimate of drug-likeness (QED) is 0.751. The molecule has 0 heterocycles. The summed E-state index contributed by atoms with van der Waals surface area (Å²) < 4.78 is 0. The summed E-state index contributed by atoms with van der Waals surface area (Å²) in [5.74, 6) is -0.433. The minimum absolute atomic E-state index is 0.0963. The molecule has 0 bridgehead atoms. The third kappa shape index (κ3) is 2.61. The van der Waals surface area contributed by atoms with Gasteiger partial charge in [0, 0.05) is 5.92 Å². The van der Waals surface area contributed by atoms with Gasteiger partial charge in [0.05, 0.1) is 0 Å². The Labute approximate surface area is 143 Å². The van der Waals surface area contributed by atoms with Crippen LogP contribution in [0, 0.1) is 0 Å². The lowest BCUT2D eigenvalue weighted by Gasteiger charge is -2.38. The number of primary amides is 1. The highest BCUT2D eigenvalue weighted by atomic mass is 16.1. The Morgan fingerprint density at radius 2 is 1.12 bits per heavy atom. The molecule has 1 atom stereocenters. The standard InChI is InChI=1S/C22H21NO/c1-17(18-11-5-2-6-12-18)22(21(23)24,19-13-7-3-8-14-19)20-15-9-4-10-16-20/h2-17H,1H3,(H2,23,24). The fourth-order valence-electron chi connectivity index (χ4n) is 3.56. The molecule has 0 aliphatic carbocycles. The minimum atomic E-state index is -0.913. The Balaban J connectivity index is 2.29. The van der Waals surface area contributed by atoms with E-state index in [1.165, 1.54) is 0 Å². The van der Waals surface area contributed by atoms with Gasteiger partial charge in [-0.15, -0.1) is 0 Å². The van der Waals surface area contributed by atoms with Crippen molar-refractivity contribution in [1.29, 1.82) is 0 Å². The van der Waals surface area contributed by atoms with E-state index in [1.807, 2.05) is 91.0 Å². The van der Waals surface area contributed by atoms with Gasteiger partial charge in [0.25, 0.3) is 0 Å². The number of carbonyl (C=O) groups is 1. The van der Waals surface area contributed by atoms with E-state index in [4.69, 9.17) is 5.73 Å². The van der Waals surface area contributed by atoms with Gasteiger partial charge in [-0.3, -0.25) is 4.79 Å². The molecule has 2 N–H and O–H groups in total. The van der Waals surface area contributed by atoms with E-state index in [1.54, 1.807) is 0 Å². The Morgan fingerprint density at radius 1 is 0.750 bits per heavy atom. The molecular formula is C22H21NO. The zero-order valence-corrected chi connectivity index (χ0v) is 13.7. The van der Waals surface area contributed by atoms with Crippen LogP contribution >= 0.6 is 0 Å². The zero-order valence-electron chi connectivity index (χ0n) is 13.7. The first-order valence-electron chi connectivity index (χ1n) is 8.13. The van der Waals surface area contributed by atoms with Crippen molar-refractivity contribution in [2.75, 3.05) is 0 Å². The first-order chi connectivity index (χ1) is 11.7. The van der Waals surface area contributed by atoms with Crippen LogP contribution in [-0.2, 0) is 10.2 Å². The number of nitrogens with two attached hydrogens (primary N) is 1. The van der Waals surface area contributed by atoms with Crippen LogP contribution < -0.4 is 5.73 Å². The van der Waals surface area contributed by atoms with Crippen molar-refractivity contribution in [3.8, 4) is 0 Å². The molecule has 0 radical (unpaired) electrons. The second kappa shape index (κ2) is 6.71. The van der Waals surface area contributed by atoms with Gasteiger partial charge < -0.3 is 5.73 Å². The molecule has 120 valence electrons. The third-order valence-electron chi connectivity index (χ3n) is 4.80. The van der Waals surface area contributed by atoms with Crippen LogP contribution in [0.3, 0.4) is 0 Å². The van der Waals surface area contributed by atoms with Gasteiger partial charge in [0.2, 0.25) is 5.91 Å². The lowest BCUT2D eigenvalue weighted by molar-refractivity contribution is -0.122. The number of amides is 1. The van der Waals surface area contributed by atoms with Crippen LogP contribution in [0.25, 0.3) is 0 Å². The van der Waals surface area contributed by atoms with E-state index < -0.39 is 5.41 Å². The van der Waals surface area contributed by atoms with Crippen LogP contribution in [0.5, 0.6) is 0 Å². The molecular weight excluding hydrogens is 294 g/mol. The van der Waals surface area contributed by atoms with Crippen LogP contribution in [0.1, 0.15) is 29.5 Å². The maximum absolute atomic E-state index is 12.9. The molecule has 3 aromatic carbocycles. The van der Waals surface area contributed by atoms with Gasteiger partial charge in [0.1, 0.15) is 5.41 Å². The first kappa shape index (κ1) is 16.0. The van der Waals surface area contributed by atoms with Gasteiger partial charge in [0.15, 0.2) is 0 Å². The van der Waals surface area contributed by atoms with Crippen molar-refractivity contribution in [3.63, 3.8) is 0 Å². The number of hydrogen-bond donors (Lipinski definition) is 1. The van der Waals surface area contributed by atoms with Gasteiger partial charge in [-0.2, -0.15) is 0 Å². The van der Waals surface area contributed by atoms with Crippen molar-refractivity contribution in [3.05, 3.63) is 108 Å². The number of benzene rings is 3. The molecule has 0 spiro atoms. The Kier molecular flexibility index (Phi) is 4.48. The normalized spacial score (nSPS) is 12.5. The molecule has 1 amide bonds. The predicted octanol–water partition coefficient (Wildman–Crippen LogP) is 4.26. The fraction of sp³-hybridized carbons (Fsp3) is 0.136. The molecule has 24 heavy (non-hydrogen) atoms. The topological polar surface area (TPSA) is 43.1 Å². The molecule has 2 heteroatoms. The zero-order chi connectivity index (χ0) is 17.0. The summed E-state index contributed by atoms with van der Waals surface area (Å²) in [5, 5.41) is 0. The van der Waals surface area contributed by atoms with E-state index in [0.29, 0.717) is 0 Å². The maximum Gasteiger partial charge on any atom is 0.233 e. The lowest BCUT2D eigenvalue weighted by Crippen LogP contribution is -2.46. The molecule has 3 rings (SSSR count). The van der Waals surface area contributed by atoms with Gasteiger partial charge in [-0.05, 0) is 16.7 Å². The SMILES string of the molecule is CC(c1ccccc1)C(C(N)=O)(c1ccccc1)c1ccccc1. The summed E-state index contributed by atoms with van der Waals surface area (Å²) in [6, 6.07) is 29.7. The van der Waals surface area contributed by atoms with Gasteiger partial charge in [-0.1, -0.05) is 97.9 Å². The van der Waals surface area contributed by atoms with Crippen molar-refractivity contribution in [2.45, 2.75) is 18.3 Å². The lowest BCUT2D eigenvalue weighted by atomic mass is 9.63. The molecule has 0 aromatic heterocycles. The van der Waals surface area contributed by atoms with Crippen LogP contribution in [0.4, 0.5) is 0 Å². The third-order valence-corrected chi connectivity index (χ3v) is 4.80. The van der Waals surface area contributed by atoms with Crippen LogP contribution in [0.2, 0.25) is 0 Å². The molecule has 0 aliphatic heterocycles. The summed E-state index contributed by atoms with van der Waals surface area (Å²) in [7, 11) is 0. The highest BCUT2D eigenvalue weighted by Crippen LogP contribution is 2.44. The summed E-state index contributed by atoms with van der Waals surface area (Å²) in [6.07, 6.45) is 0. The maximum atomic E-state index is 12.9. The molecule has 3 aromatic rings. The molecule has 1 unspecified atom stereocenters. The first-order valence-corrected chi connectivity index (χ1v) is 8.13. The monoisotopic (exact) mass is 315 g/mol. The summed E-state index contributed by atoms with van der Waals surface area (Å²) in [6.45, 7) is 2.07. The van der Waals surface area contributed by atoms with Crippen molar-refractivity contribution >= 4 is 5.91 Å². The predicted molar refractivity (Wildman–Crippen MR) is 97.7 cm³/mol. The van der Waals surface area contributed by atoms with Gasteiger partial charge in [-0.25, -0.2) is 0 Å². The second-order valence-corrected chi connectivity index (χ2v) is 6.04. The molecule has 0 aliphatic rings. The highest BCUT2D eigenvalue weighted by molar-refractivity contribution is 5.92. The Hall–Kier alpha value is -2.87. The summed E-state index contributed by atoms with van der Waals surface area (Å²) in [5.41, 5.74) is 8.04. The Morgan fingerprint density at radius 3 is 1.50 bits per heavy atom. The van der Waals surface area contributed by atoms with E-state index in [2.05, 4.69) is 6.92 Å². The summed E-state index contributed by atoms with van der Waals surface area (Å²) in [4.78, 5) is 12.9. The average Bonchev–Trinajstić information content (AvgIpc) is 2.64. The Bertz CT molecular complexity index is 758. The van der Waals surface area contributed by atoms with Crippen LogP contribution in [-0.4, -0.2) is 5.91 Å². The smallest absolute Gasteiger partial charge is 0.233 e. The van der Waals surface area contributed by atoms with Crippen LogP contribution in [0.15, 0.2) is 91.0 Å². The van der Waals surface area contributed by atoms with Crippen molar-refractivity contribution in [2.24, 2.45) is 5.73 Å². The van der Waals surface area contributed by atoms with E-state index in [9.17, 15) is 4.79 Å². The van der Waals surface area contributed by atoms with Crippen molar-refractivity contribution < 1.29 is 4.79 Å². The van der Waals surface area contributed by atoms with E-state index in [-0.39, 0.29) is 11.8 Å². The highest BCUT2D eigenvalue weighted by Gasteiger charge is 2.45. The number of rotatable bonds is 5. The number of hydrogen-bond acceptors (Lipinski definition) is 1. The van der Waals surface area contributed by atoms with Crippen molar-refractivity contribution in [1.82, 2.24) is 0 Å². The molecule has 2 nitrogen and oxygen atoms in total. The van der Waals surface area contributed by atoms with E-state index in [0.717, 1.165) is 16.7 Å². The molecule has 0 saturated carbocycles. The summed E-state index contributed by atoms with van der Waals surface area (Å²) >= 11 is 0. The molecule has 0 fully saturated rings. The minimum Gasteiger partial charge on any atom is -0.369 e.